The molecule has 1 fully saturated rings. The zero-order valence-corrected chi connectivity index (χ0v) is 9.66. The normalized spacial score (nSPS) is 20.6. The molecule has 5 nitrogen and oxygen atoms in total. The van der Waals surface area contributed by atoms with Gasteiger partial charge < -0.3 is 15.3 Å². The fraction of sp³-hybridized carbons (Fsp3) is 0.800. The molecule has 0 radical (unpaired) electrons. The van der Waals surface area contributed by atoms with Gasteiger partial charge in [-0.25, -0.2) is 4.79 Å². The van der Waals surface area contributed by atoms with E-state index in [0.717, 1.165) is 4.90 Å². The number of amides is 2. The Bertz CT molecular complexity index is 320. The highest BCUT2D eigenvalue weighted by atomic mass is 19.4. The van der Waals surface area contributed by atoms with Gasteiger partial charge in [0.25, 0.3) is 0 Å². The first kappa shape index (κ1) is 14.6. The molecular formula is C10H15F3N2O3. The predicted molar refractivity (Wildman–Crippen MR) is 56.0 cm³/mol. The summed E-state index contributed by atoms with van der Waals surface area (Å²) in [4.78, 5) is 22.8. The van der Waals surface area contributed by atoms with Crippen LogP contribution >= 0.6 is 0 Å². The number of carbonyl (C=O) groups is 2. The van der Waals surface area contributed by atoms with Crippen LogP contribution in [-0.2, 0) is 4.79 Å². The number of alkyl halides is 3. The number of urea groups is 1. The third kappa shape index (κ3) is 4.42. The molecule has 1 saturated heterocycles. The van der Waals surface area contributed by atoms with Crippen molar-refractivity contribution >= 4 is 12.0 Å². The molecule has 1 aliphatic rings. The van der Waals surface area contributed by atoms with Gasteiger partial charge >= 0.3 is 18.2 Å². The van der Waals surface area contributed by atoms with Crippen LogP contribution in [0.1, 0.15) is 19.3 Å². The Morgan fingerprint density at radius 3 is 2.61 bits per heavy atom. The highest BCUT2D eigenvalue weighted by Gasteiger charge is 2.42. The molecule has 0 aromatic rings. The zero-order valence-electron chi connectivity index (χ0n) is 9.66. The lowest BCUT2D eigenvalue weighted by Crippen LogP contribution is -2.48. The van der Waals surface area contributed by atoms with Crippen LogP contribution in [0.5, 0.6) is 0 Å². The average Bonchev–Trinajstić information content (AvgIpc) is 2.27. The number of hydrogen-bond acceptors (Lipinski definition) is 2. The van der Waals surface area contributed by atoms with Crippen molar-refractivity contribution in [2.75, 3.05) is 19.6 Å². The quantitative estimate of drug-likeness (QED) is 0.813. The first-order chi connectivity index (χ1) is 8.30. The van der Waals surface area contributed by atoms with E-state index in [9.17, 15) is 22.8 Å². The Hall–Kier alpha value is -1.47. The maximum absolute atomic E-state index is 12.5. The van der Waals surface area contributed by atoms with Crippen molar-refractivity contribution in [2.45, 2.75) is 25.4 Å². The number of aliphatic carboxylic acids is 1. The molecule has 0 aromatic carbocycles. The summed E-state index contributed by atoms with van der Waals surface area (Å²) in [6, 6.07) is -0.634. The summed E-state index contributed by atoms with van der Waals surface area (Å²) >= 11 is 0. The van der Waals surface area contributed by atoms with Crippen LogP contribution in [0.2, 0.25) is 0 Å². The summed E-state index contributed by atoms with van der Waals surface area (Å²) < 4.78 is 37.5. The lowest BCUT2D eigenvalue weighted by atomic mass is 9.98. The van der Waals surface area contributed by atoms with E-state index in [-0.39, 0.29) is 32.5 Å². The van der Waals surface area contributed by atoms with Crippen LogP contribution in [0, 0.1) is 5.92 Å². The summed E-state index contributed by atoms with van der Waals surface area (Å²) in [5, 5.41) is 10.7. The molecule has 104 valence electrons. The molecule has 1 unspecified atom stereocenters. The number of piperidine rings is 1. The highest BCUT2D eigenvalue weighted by molar-refractivity contribution is 5.75. The standard InChI is InChI=1S/C10H15F3N2O3/c11-10(12,13)7-2-1-5-15(6-7)9(18)14-4-3-8(16)17/h7H,1-6H2,(H,14,18)(H,16,17). The van der Waals surface area contributed by atoms with Crippen molar-refractivity contribution in [2.24, 2.45) is 5.92 Å². The SMILES string of the molecule is O=C(O)CCNC(=O)N1CCCC(C(F)(F)F)C1. The molecule has 1 heterocycles. The second-order valence-corrected chi connectivity index (χ2v) is 4.20. The second-order valence-electron chi connectivity index (χ2n) is 4.20. The van der Waals surface area contributed by atoms with Crippen molar-refractivity contribution in [1.82, 2.24) is 10.2 Å². The number of carboxylic acid groups (broad SMARTS) is 1. The van der Waals surface area contributed by atoms with Crippen LogP contribution in [-0.4, -0.2) is 47.8 Å². The summed E-state index contributed by atoms with van der Waals surface area (Å²) in [7, 11) is 0. The Morgan fingerprint density at radius 2 is 2.06 bits per heavy atom. The Morgan fingerprint density at radius 1 is 1.39 bits per heavy atom. The van der Waals surface area contributed by atoms with Gasteiger partial charge in [-0.1, -0.05) is 0 Å². The molecule has 0 spiro atoms. The number of carboxylic acids is 1. The van der Waals surface area contributed by atoms with Crippen molar-refractivity contribution < 1.29 is 27.9 Å². The van der Waals surface area contributed by atoms with Gasteiger partial charge in [-0.15, -0.1) is 0 Å². The molecule has 0 aromatic heterocycles. The Labute approximate surface area is 102 Å². The molecular weight excluding hydrogens is 253 g/mol. The minimum atomic E-state index is -4.29. The Kier molecular flexibility index (Phi) is 4.80. The summed E-state index contributed by atoms with van der Waals surface area (Å²) in [6.07, 6.45) is -4.21. The third-order valence-corrected chi connectivity index (χ3v) is 2.79. The van der Waals surface area contributed by atoms with Crippen molar-refractivity contribution in [3.8, 4) is 0 Å². The van der Waals surface area contributed by atoms with Crippen LogP contribution in [0.15, 0.2) is 0 Å². The number of halogens is 3. The topological polar surface area (TPSA) is 69.6 Å². The van der Waals surface area contributed by atoms with E-state index < -0.39 is 24.1 Å². The molecule has 0 aliphatic carbocycles. The number of likely N-dealkylation sites (tertiary alicyclic amines) is 1. The summed E-state index contributed by atoms with van der Waals surface area (Å²) in [5.74, 6) is -2.56. The molecule has 1 rings (SSSR count). The van der Waals surface area contributed by atoms with E-state index in [1.54, 1.807) is 0 Å². The number of hydrogen-bond donors (Lipinski definition) is 2. The van der Waals surface area contributed by atoms with E-state index in [2.05, 4.69) is 5.32 Å². The first-order valence-corrected chi connectivity index (χ1v) is 5.62. The number of nitrogens with one attached hydrogen (secondary N) is 1. The lowest BCUT2D eigenvalue weighted by molar-refractivity contribution is -0.183. The first-order valence-electron chi connectivity index (χ1n) is 5.62. The molecule has 2 amide bonds. The number of carbonyl (C=O) groups excluding carboxylic acids is 1. The molecule has 8 heteroatoms. The van der Waals surface area contributed by atoms with E-state index in [0.29, 0.717) is 6.42 Å². The second kappa shape index (κ2) is 5.92. The van der Waals surface area contributed by atoms with E-state index in [4.69, 9.17) is 5.11 Å². The van der Waals surface area contributed by atoms with Gasteiger partial charge in [0.05, 0.1) is 12.3 Å². The van der Waals surface area contributed by atoms with Gasteiger partial charge in [0.2, 0.25) is 0 Å². The van der Waals surface area contributed by atoms with Crippen LogP contribution in [0.25, 0.3) is 0 Å². The van der Waals surface area contributed by atoms with Crippen LogP contribution in [0.3, 0.4) is 0 Å². The smallest absolute Gasteiger partial charge is 0.393 e. The largest absolute Gasteiger partial charge is 0.481 e. The molecule has 1 aliphatic heterocycles. The van der Waals surface area contributed by atoms with Crippen LogP contribution < -0.4 is 5.32 Å². The Balaban J connectivity index is 2.41. The van der Waals surface area contributed by atoms with Gasteiger partial charge in [-0.05, 0) is 12.8 Å². The molecule has 1 atom stereocenters. The van der Waals surface area contributed by atoms with Gasteiger partial charge in [0, 0.05) is 19.6 Å². The predicted octanol–water partition coefficient (Wildman–Crippen LogP) is 1.45. The highest BCUT2D eigenvalue weighted by Crippen LogP contribution is 2.32. The lowest BCUT2D eigenvalue weighted by Gasteiger charge is -2.33. The van der Waals surface area contributed by atoms with Gasteiger partial charge in [0.1, 0.15) is 0 Å². The molecule has 2 N–H and O–H groups in total. The maximum Gasteiger partial charge on any atom is 0.393 e. The van der Waals surface area contributed by atoms with Gasteiger partial charge in [-0.3, -0.25) is 4.79 Å². The average molecular weight is 268 g/mol. The molecule has 0 bridgehead atoms. The van der Waals surface area contributed by atoms with Crippen molar-refractivity contribution in [3.63, 3.8) is 0 Å². The van der Waals surface area contributed by atoms with Crippen LogP contribution in [0.4, 0.5) is 18.0 Å². The monoisotopic (exact) mass is 268 g/mol. The van der Waals surface area contributed by atoms with E-state index in [1.807, 2.05) is 0 Å². The summed E-state index contributed by atoms with van der Waals surface area (Å²) in [6.45, 7) is -0.171. The van der Waals surface area contributed by atoms with Gasteiger partial charge in [0.15, 0.2) is 0 Å². The molecule has 0 saturated carbocycles. The van der Waals surface area contributed by atoms with E-state index >= 15 is 0 Å². The number of nitrogens with zero attached hydrogens (tertiary/aromatic N) is 1. The third-order valence-electron chi connectivity index (χ3n) is 2.79. The fourth-order valence-corrected chi connectivity index (χ4v) is 1.82. The van der Waals surface area contributed by atoms with E-state index in [1.165, 1.54) is 0 Å². The minimum absolute atomic E-state index is 0.0302. The van der Waals surface area contributed by atoms with Crippen molar-refractivity contribution in [3.05, 3.63) is 0 Å². The maximum atomic E-state index is 12.5. The van der Waals surface area contributed by atoms with Crippen molar-refractivity contribution in [1.29, 1.82) is 0 Å². The zero-order chi connectivity index (χ0) is 13.8. The fourth-order valence-electron chi connectivity index (χ4n) is 1.82. The minimum Gasteiger partial charge on any atom is -0.481 e. The number of rotatable bonds is 3. The van der Waals surface area contributed by atoms with Gasteiger partial charge in [-0.2, -0.15) is 13.2 Å². The molecule has 18 heavy (non-hydrogen) atoms. The summed E-state index contributed by atoms with van der Waals surface area (Å²) in [5.41, 5.74) is 0.